The lowest BCUT2D eigenvalue weighted by Gasteiger charge is -2.26. The fourth-order valence-electron chi connectivity index (χ4n) is 3.90. The van der Waals surface area contributed by atoms with E-state index in [-0.39, 0.29) is 27.7 Å². The zero-order valence-electron chi connectivity index (χ0n) is 19.0. The van der Waals surface area contributed by atoms with Gasteiger partial charge in [-0.25, -0.2) is 0 Å². The van der Waals surface area contributed by atoms with E-state index in [2.05, 4.69) is 0 Å². The summed E-state index contributed by atoms with van der Waals surface area (Å²) < 4.78 is 10.6. The lowest BCUT2D eigenvalue weighted by molar-refractivity contribution is -0.139. The Hall–Kier alpha value is -3.23. The minimum absolute atomic E-state index is 0.0172. The van der Waals surface area contributed by atoms with E-state index >= 15 is 0 Å². The first-order chi connectivity index (χ1) is 15.7. The molecule has 0 radical (unpaired) electrons. The highest BCUT2D eigenvalue weighted by molar-refractivity contribution is 6.46. The lowest BCUT2D eigenvalue weighted by Crippen LogP contribution is -2.32. The van der Waals surface area contributed by atoms with Gasteiger partial charge in [0.2, 0.25) is 0 Å². The van der Waals surface area contributed by atoms with Gasteiger partial charge in [0.05, 0.1) is 36.4 Å². The predicted octanol–water partition coefficient (Wildman–Crippen LogP) is 3.44. The summed E-state index contributed by atoms with van der Waals surface area (Å²) in [5.74, 6) is -1.42. The molecule has 0 spiro atoms. The number of phenols is 1. The monoisotopic (exact) mass is 474 g/mol. The molecule has 2 aromatic carbocycles. The van der Waals surface area contributed by atoms with Crippen LogP contribution in [0.2, 0.25) is 5.02 Å². The van der Waals surface area contributed by atoms with Gasteiger partial charge in [0.25, 0.3) is 11.7 Å². The van der Waals surface area contributed by atoms with Crippen LogP contribution in [0.1, 0.15) is 23.6 Å². The van der Waals surface area contributed by atoms with Gasteiger partial charge < -0.3 is 29.5 Å². The number of nitrogens with zero attached hydrogens (tertiary/aromatic N) is 2. The van der Waals surface area contributed by atoms with Crippen molar-refractivity contribution in [3.63, 3.8) is 0 Å². The van der Waals surface area contributed by atoms with E-state index in [1.807, 2.05) is 19.0 Å². The first-order valence-electron chi connectivity index (χ1n) is 10.3. The number of aliphatic hydroxyl groups is 1. The Morgan fingerprint density at radius 1 is 1.12 bits per heavy atom. The van der Waals surface area contributed by atoms with Crippen LogP contribution in [-0.4, -0.2) is 73.1 Å². The van der Waals surface area contributed by atoms with Gasteiger partial charge in [-0.3, -0.25) is 9.59 Å². The van der Waals surface area contributed by atoms with Gasteiger partial charge in [-0.1, -0.05) is 23.7 Å². The van der Waals surface area contributed by atoms with Gasteiger partial charge in [-0.15, -0.1) is 0 Å². The summed E-state index contributed by atoms with van der Waals surface area (Å²) in [6, 6.07) is 8.32. The summed E-state index contributed by atoms with van der Waals surface area (Å²) in [6.45, 7) is 0.998. The summed E-state index contributed by atoms with van der Waals surface area (Å²) >= 11 is 6.26. The summed E-state index contributed by atoms with van der Waals surface area (Å²) in [5.41, 5.74) is 0.550. The zero-order chi connectivity index (χ0) is 24.3. The Kier molecular flexibility index (Phi) is 7.50. The number of hydrogen-bond donors (Lipinski definition) is 2. The molecule has 8 nitrogen and oxygen atoms in total. The summed E-state index contributed by atoms with van der Waals surface area (Å²) in [5, 5.41) is 21.5. The number of hydrogen-bond acceptors (Lipinski definition) is 7. The summed E-state index contributed by atoms with van der Waals surface area (Å²) in [6.07, 6.45) is 0.618. The van der Waals surface area contributed by atoms with E-state index < -0.39 is 23.5 Å². The molecule has 1 aliphatic heterocycles. The number of halogens is 1. The number of phenolic OH excluding ortho intramolecular Hbond substituents is 1. The molecule has 0 bridgehead atoms. The lowest BCUT2D eigenvalue weighted by atomic mass is 9.94. The number of aromatic hydroxyl groups is 1. The van der Waals surface area contributed by atoms with Crippen LogP contribution in [0.4, 0.5) is 0 Å². The van der Waals surface area contributed by atoms with Crippen LogP contribution in [0, 0.1) is 0 Å². The maximum atomic E-state index is 13.1. The fourth-order valence-corrected chi connectivity index (χ4v) is 4.14. The van der Waals surface area contributed by atoms with Crippen molar-refractivity contribution in [2.75, 3.05) is 41.4 Å². The second-order valence-corrected chi connectivity index (χ2v) is 8.34. The standard InChI is InChI=1S/C24H27ClN2O6/c1-26(2)9-6-10-27-21(14-7-5-8-15(28)11-14)20(23(30)24(27)31)22(29)16-12-17(25)19(33-4)13-18(16)32-3/h5,7-8,11-13,21,28-29H,6,9-10H2,1-4H3/b22-20+. The van der Waals surface area contributed by atoms with E-state index in [0.29, 0.717) is 30.8 Å². The van der Waals surface area contributed by atoms with Gasteiger partial charge in [0, 0.05) is 12.6 Å². The maximum Gasteiger partial charge on any atom is 0.295 e. The van der Waals surface area contributed by atoms with Crippen LogP contribution in [0.25, 0.3) is 5.76 Å². The molecule has 1 unspecified atom stereocenters. The smallest absolute Gasteiger partial charge is 0.295 e. The highest BCUT2D eigenvalue weighted by atomic mass is 35.5. The van der Waals surface area contributed by atoms with Gasteiger partial charge in [-0.2, -0.15) is 0 Å². The molecule has 0 aliphatic carbocycles. The number of rotatable bonds is 8. The quantitative estimate of drug-likeness (QED) is 0.343. The minimum Gasteiger partial charge on any atom is -0.508 e. The molecule has 1 heterocycles. The van der Waals surface area contributed by atoms with Crippen LogP contribution in [0.3, 0.4) is 0 Å². The number of Topliss-reactive ketones (excluding diaryl/α,β-unsaturated/α-hetero) is 1. The van der Waals surface area contributed by atoms with Crippen LogP contribution in [-0.2, 0) is 9.59 Å². The molecule has 176 valence electrons. The molecule has 1 amide bonds. The molecule has 3 rings (SSSR count). The third kappa shape index (κ3) is 4.91. The molecule has 9 heteroatoms. The third-order valence-corrected chi connectivity index (χ3v) is 5.75. The molecule has 2 N–H and O–H groups in total. The summed E-state index contributed by atoms with van der Waals surface area (Å²) in [7, 11) is 6.69. The highest BCUT2D eigenvalue weighted by Crippen LogP contribution is 2.43. The number of likely N-dealkylation sites (tertiary alicyclic amines) is 1. The van der Waals surface area contributed by atoms with Gasteiger partial charge in [0.1, 0.15) is 23.0 Å². The van der Waals surface area contributed by atoms with Crippen molar-refractivity contribution in [3.05, 3.63) is 58.1 Å². The predicted molar refractivity (Wildman–Crippen MR) is 125 cm³/mol. The van der Waals surface area contributed by atoms with Crippen molar-refractivity contribution in [2.45, 2.75) is 12.5 Å². The first kappa shape index (κ1) is 24.4. The second-order valence-electron chi connectivity index (χ2n) is 7.93. The molecule has 2 aromatic rings. The number of aliphatic hydroxyl groups excluding tert-OH is 1. The number of methoxy groups -OCH3 is 2. The van der Waals surface area contributed by atoms with Gasteiger partial charge >= 0.3 is 0 Å². The molecule has 1 saturated heterocycles. The van der Waals surface area contributed by atoms with Crippen LogP contribution < -0.4 is 9.47 Å². The SMILES string of the molecule is COc1cc(OC)c(/C(O)=C2\C(=O)C(=O)N(CCCN(C)C)C2c2cccc(O)c2)cc1Cl. The van der Waals surface area contributed by atoms with Crippen LogP contribution in [0.15, 0.2) is 42.0 Å². The van der Waals surface area contributed by atoms with Gasteiger partial charge in [-0.05, 0) is 50.8 Å². The number of carbonyl (C=O) groups is 2. The maximum absolute atomic E-state index is 13.1. The van der Waals surface area contributed by atoms with Crippen molar-refractivity contribution >= 4 is 29.1 Å². The number of benzene rings is 2. The van der Waals surface area contributed by atoms with Crippen LogP contribution in [0.5, 0.6) is 17.2 Å². The van der Waals surface area contributed by atoms with Crippen LogP contribution >= 0.6 is 11.6 Å². The summed E-state index contributed by atoms with van der Waals surface area (Å²) in [4.78, 5) is 29.5. The minimum atomic E-state index is -0.884. The Morgan fingerprint density at radius 2 is 1.82 bits per heavy atom. The number of ketones is 1. The molecule has 0 saturated carbocycles. The van der Waals surface area contributed by atoms with Crippen molar-refractivity contribution in [1.29, 1.82) is 0 Å². The topological polar surface area (TPSA) is 99.5 Å². The fraction of sp³-hybridized carbons (Fsp3) is 0.333. The van der Waals surface area contributed by atoms with Crippen molar-refractivity contribution < 1.29 is 29.3 Å². The van der Waals surface area contributed by atoms with Crippen molar-refractivity contribution in [3.8, 4) is 17.2 Å². The van der Waals surface area contributed by atoms with Crippen molar-refractivity contribution in [2.24, 2.45) is 0 Å². The highest BCUT2D eigenvalue weighted by Gasteiger charge is 2.46. The molecule has 33 heavy (non-hydrogen) atoms. The van der Waals surface area contributed by atoms with E-state index in [1.54, 1.807) is 12.1 Å². The largest absolute Gasteiger partial charge is 0.508 e. The average Bonchev–Trinajstić information content (AvgIpc) is 3.03. The molecule has 1 aliphatic rings. The average molecular weight is 475 g/mol. The second kappa shape index (κ2) is 10.1. The first-order valence-corrected chi connectivity index (χ1v) is 10.7. The molecule has 1 atom stereocenters. The van der Waals surface area contributed by atoms with E-state index in [9.17, 15) is 19.8 Å². The molecular formula is C24H27ClN2O6. The van der Waals surface area contributed by atoms with E-state index in [0.717, 1.165) is 0 Å². The Labute approximate surface area is 197 Å². The number of carbonyl (C=O) groups excluding carboxylic acids is 2. The number of ether oxygens (including phenoxy) is 2. The van der Waals surface area contributed by atoms with Gasteiger partial charge in [0.15, 0.2) is 0 Å². The molecule has 1 fully saturated rings. The molecule has 0 aromatic heterocycles. The zero-order valence-corrected chi connectivity index (χ0v) is 19.7. The normalized spacial score (nSPS) is 17.6. The number of amides is 1. The van der Waals surface area contributed by atoms with E-state index in [4.69, 9.17) is 21.1 Å². The Balaban J connectivity index is 2.19. The van der Waals surface area contributed by atoms with Crippen molar-refractivity contribution in [1.82, 2.24) is 9.80 Å². The Morgan fingerprint density at radius 3 is 2.42 bits per heavy atom. The Bertz CT molecular complexity index is 1100. The van der Waals surface area contributed by atoms with E-state index in [1.165, 1.54) is 43.4 Å². The third-order valence-electron chi connectivity index (χ3n) is 5.46. The molecular weight excluding hydrogens is 448 g/mol.